The van der Waals surface area contributed by atoms with Crippen LogP contribution in [0.1, 0.15) is 32.1 Å². The molecule has 2 atom stereocenters. The van der Waals surface area contributed by atoms with Crippen LogP contribution in [0, 0.1) is 5.41 Å². The average molecular weight is 357 g/mol. The number of amides is 2. The highest BCUT2D eigenvalue weighted by atomic mass is 35.5. The van der Waals surface area contributed by atoms with Crippen LogP contribution < -0.4 is 5.32 Å². The number of para-hydroxylation sites is 1. The van der Waals surface area contributed by atoms with Gasteiger partial charge in [0, 0.05) is 25.6 Å². The van der Waals surface area contributed by atoms with E-state index >= 15 is 0 Å². The lowest BCUT2D eigenvalue weighted by molar-refractivity contribution is -0.0244. The highest BCUT2D eigenvalue weighted by Crippen LogP contribution is 2.46. The maximum atomic E-state index is 12.7. The van der Waals surface area contributed by atoms with Crippen molar-refractivity contribution < 1.29 is 9.53 Å². The van der Waals surface area contributed by atoms with Gasteiger partial charge in [-0.15, -0.1) is 0 Å². The molecule has 0 radical (unpaired) electrons. The minimum Gasteiger partial charge on any atom is -0.381 e. The highest BCUT2D eigenvalue weighted by Gasteiger charge is 2.46. The van der Waals surface area contributed by atoms with Crippen molar-refractivity contribution in [1.82, 2.24) is 4.90 Å². The normalized spacial score (nSPS) is 27.4. The fourth-order valence-electron chi connectivity index (χ4n) is 4.08. The summed E-state index contributed by atoms with van der Waals surface area (Å²) in [6.45, 7) is 1.49. The summed E-state index contributed by atoms with van der Waals surface area (Å²) in [5, 5.41) is 3.77. The number of halogens is 2. The van der Waals surface area contributed by atoms with E-state index in [2.05, 4.69) is 5.32 Å². The summed E-state index contributed by atoms with van der Waals surface area (Å²) in [4.78, 5) is 14.5. The van der Waals surface area contributed by atoms with Gasteiger partial charge in [-0.05, 0) is 37.8 Å². The summed E-state index contributed by atoms with van der Waals surface area (Å²) in [6, 6.07) is 5.07. The fraction of sp³-hybridized carbons (Fsp3) is 0.588. The Balaban J connectivity index is 1.73. The van der Waals surface area contributed by atoms with E-state index in [9.17, 15) is 4.79 Å². The second kappa shape index (κ2) is 6.88. The molecule has 126 valence electrons. The van der Waals surface area contributed by atoms with E-state index in [1.807, 2.05) is 4.90 Å². The molecule has 2 fully saturated rings. The zero-order chi connectivity index (χ0) is 16.4. The van der Waals surface area contributed by atoms with Crippen molar-refractivity contribution in [3.63, 3.8) is 0 Å². The Hall–Kier alpha value is -0.970. The van der Waals surface area contributed by atoms with E-state index in [-0.39, 0.29) is 17.6 Å². The van der Waals surface area contributed by atoms with Crippen molar-refractivity contribution in [2.45, 2.75) is 38.2 Å². The number of carbonyl (C=O) groups excluding carboxylic acids is 1. The van der Waals surface area contributed by atoms with E-state index in [0.29, 0.717) is 15.7 Å². The monoisotopic (exact) mass is 356 g/mol. The van der Waals surface area contributed by atoms with Crippen LogP contribution >= 0.6 is 23.2 Å². The largest absolute Gasteiger partial charge is 0.381 e. The van der Waals surface area contributed by atoms with Crippen LogP contribution in [0.15, 0.2) is 18.2 Å². The Labute approximate surface area is 147 Å². The molecule has 1 aromatic carbocycles. The zero-order valence-electron chi connectivity index (χ0n) is 13.3. The van der Waals surface area contributed by atoms with Gasteiger partial charge in [-0.25, -0.2) is 4.79 Å². The summed E-state index contributed by atoms with van der Waals surface area (Å²) in [7, 11) is 1.78. The molecule has 23 heavy (non-hydrogen) atoms. The van der Waals surface area contributed by atoms with Gasteiger partial charge in [0.15, 0.2) is 0 Å². The number of rotatable bonds is 2. The third-order valence-corrected chi connectivity index (χ3v) is 5.83. The first-order chi connectivity index (χ1) is 11.1. The maximum absolute atomic E-state index is 12.7. The van der Waals surface area contributed by atoms with Crippen molar-refractivity contribution in [3.8, 4) is 0 Å². The number of anilines is 1. The molecule has 1 saturated heterocycles. The second-order valence-electron chi connectivity index (χ2n) is 6.53. The molecule has 1 aliphatic carbocycles. The van der Waals surface area contributed by atoms with Gasteiger partial charge in [-0.3, -0.25) is 0 Å². The number of methoxy groups -OCH3 is 1. The van der Waals surface area contributed by atoms with Gasteiger partial charge in [0.2, 0.25) is 0 Å². The van der Waals surface area contributed by atoms with Crippen LogP contribution in [0.4, 0.5) is 10.5 Å². The standard InChI is InChI=1S/C17H22Cl2N2O2/c1-23-14-7-3-8-17(14)9-4-10-21(11-17)16(22)20-15-12(18)5-2-6-13(15)19/h2,5-6,14H,3-4,7-11H2,1H3,(H,20,22)/t14-,17+/m1/s1. The maximum Gasteiger partial charge on any atom is 0.321 e. The highest BCUT2D eigenvalue weighted by molar-refractivity contribution is 6.39. The second-order valence-corrected chi connectivity index (χ2v) is 7.35. The minimum atomic E-state index is -0.138. The van der Waals surface area contributed by atoms with Gasteiger partial charge in [-0.1, -0.05) is 35.7 Å². The molecule has 2 aliphatic rings. The smallest absolute Gasteiger partial charge is 0.321 e. The molecule has 4 nitrogen and oxygen atoms in total. The Morgan fingerprint density at radius 1 is 1.30 bits per heavy atom. The van der Waals surface area contributed by atoms with Crippen LogP contribution in [0.25, 0.3) is 0 Å². The number of hydrogen-bond acceptors (Lipinski definition) is 2. The number of urea groups is 1. The van der Waals surface area contributed by atoms with Gasteiger partial charge in [0.25, 0.3) is 0 Å². The van der Waals surface area contributed by atoms with Gasteiger partial charge in [-0.2, -0.15) is 0 Å². The van der Waals surface area contributed by atoms with Crippen LogP contribution in [0.5, 0.6) is 0 Å². The molecule has 6 heteroatoms. The Kier molecular flexibility index (Phi) is 5.04. The first-order valence-corrected chi connectivity index (χ1v) is 8.84. The molecule has 0 aromatic heterocycles. The molecule has 1 saturated carbocycles. The average Bonchev–Trinajstić information content (AvgIpc) is 2.92. The van der Waals surface area contributed by atoms with Crippen molar-refractivity contribution in [2.75, 3.05) is 25.5 Å². The number of nitrogens with zero attached hydrogens (tertiary/aromatic N) is 1. The molecular weight excluding hydrogens is 335 g/mol. The van der Waals surface area contributed by atoms with Gasteiger partial charge >= 0.3 is 6.03 Å². The van der Waals surface area contributed by atoms with E-state index in [1.54, 1.807) is 25.3 Å². The topological polar surface area (TPSA) is 41.6 Å². The molecule has 1 aliphatic heterocycles. The molecular formula is C17H22Cl2N2O2. The lowest BCUT2D eigenvalue weighted by Crippen LogP contribution is -2.51. The number of benzene rings is 1. The number of likely N-dealkylation sites (tertiary alicyclic amines) is 1. The molecule has 1 aromatic rings. The van der Waals surface area contributed by atoms with E-state index in [4.69, 9.17) is 27.9 Å². The number of ether oxygens (including phenoxy) is 1. The summed E-state index contributed by atoms with van der Waals surface area (Å²) >= 11 is 12.3. The molecule has 1 N–H and O–H groups in total. The van der Waals surface area contributed by atoms with Crippen LogP contribution in [0.3, 0.4) is 0 Å². The zero-order valence-corrected chi connectivity index (χ0v) is 14.8. The lowest BCUT2D eigenvalue weighted by atomic mass is 9.76. The first-order valence-electron chi connectivity index (χ1n) is 8.08. The van der Waals surface area contributed by atoms with Crippen molar-refractivity contribution >= 4 is 34.9 Å². The first kappa shape index (κ1) is 16.9. The van der Waals surface area contributed by atoms with Crippen LogP contribution in [0.2, 0.25) is 10.0 Å². The van der Waals surface area contributed by atoms with Gasteiger partial charge < -0.3 is 15.0 Å². The molecule has 0 unspecified atom stereocenters. The summed E-state index contributed by atoms with van der Waals surface area (Å²) < 4.78 is 5.69. The van der Waals surface area contributed by atoms with Crippen LogP contribution in [-0.4, -0.2) is 37.2 Å². The van der Waals surface area contributed by atoms with Crippen molar-refractivity contribution in [2.24, 2.45) is 5.41 Å². The molecule has 2 amide bonds. The predicted octanol–water partition coefficient (Wildman–Crippen LogP) is 4.81. The SMILES string of the molecule is CO[C@@H]1CCC[C@@]12CCCN(C(=O)Nc1c(Cl)cccc1Cl)C2. The number of carbonyl (C=O) groups is 1. The molecule has 0 bridgehead atoms. The number of piperidine rings is 1. The third-order valence-electron chi connectivity index (χ3n) is 5.20. The lowest BCUT2D eigenvalue weighted by Gasteiger charge is -2.43. The van der Waals surface area contributed by atoms with E-state index < -0.39 is 0 Å². The number of hydrogen-bond donors (Lipinski definition) is 1. The quantitative estimate of drug-likeness (QED) is 0.826. The van der Waals surface area contributed by atoms with E-state index in [0.717, 1.165) is 38.8 Å². The summed E-state index contributed by atoms with van der Waals surface area (Å²) in [5.74, 6) is 0. The Bertz CT molecular complexity index is 576. The molecule has 3 rings (SSSR count). The summed E-state index contributed by atoms with van der Waals surface area (Å²) in [6.07, 6.45) is 5.77. The third kappa shape index (κ3) is 3.30. The molecule has 1 heterocycles. The number of nitrogens with one attached hydrogen (secondary N) is 1. The summed E-state index contributed by atoms with van der Waals surface area (Å²) in [5.41, 5.74) is 0.587. The molecule has 1 spiro atoms. The fourth-order valence-corrected chi connectivity index (χ4v) is 4.57. The van der Waals surface area contributed by atoms with Crippen LogP contribution in [-0.2, 0) is 4.74 Å². The Morgan fingerprint density at radius 3 is 2.70 bits per heavy atom. The van der Waals surface area contributed by atoms with E-state index in [1.165, 1.54) is 6.42 Å². The van der Waals surface area contributed by atoms with Gasteiger partial charge in [0.05, 0.1) is 21.8 Å². The minimum absolute atomic E-state index is 0.106. The predicted molar refractivity (Wildman–Crippen MR) is 93.4 cm³/mol. The van der Waals surface area contributed by atoms with Crippen molar-refractivity contribution in [3.05, 3.63) is 28.2 Å². The van der Waals surface area contributed by atoms with Crippen molar-refractivity contribution in [1.29, 1.82) is 0 Å². The van der Waals surface area contributed by atoms with Gasteiger partial charge in [0.1, 0.15) is 0 Å². The Morgan fingerprint density at radius 2 is 2.00 bits per heavy atom.